The molecule has 0 aromatic heterocycles. The average Bonchev–Trinajstić information content (AvgIpc) is 2.34. The average molecular weight is 272 g/mol. The quantitative estimate of drug-likeness (QED) is 0.834. The van der Waals surface area contributed by atoms with E-state index in [2.05, 4.69) is 0 Å². The van der Waals surface area contributed by atoms with Crippen LogP contribution in [0.4, 0.5) is 0 Å². The maximum atomic E-state index is 10.5. The second-order valence-electron chi connectivity index (χ2n) is 4.09. The Kier molecular flexibility index (Phi) is 5.44. The third kappa shape index (κ3) is 3.62. The van der Waals surface area contributed by atoms with Crippen molar-refractivity contribution in [3.8, 4) is 5.75 Å². The fraction of sp³-hybridized carbons (Fsp3) is 0.462. The number of carboxylic acids is 1. The van der Waals surface area contributed by atoms with Crippen molar-refractivity contribution in [2.24, 2.45) is 5.73 Å². The lowest BCUT2D eigenvalue weighted by Gasteiger charge is -2.16. The fourth-order valence-corrected chi connectivity index (χ4v) is 2.15. The van der Waals surface area contributed by atoms with E-state index in [9.17, 15) is 4.79 Å². The predicted molar refractivity (Wildman–Crippen MR) is 71.2 cm³/mol. The molecule has 5 heteroatoms. The lowest BCUT2D eigenvalue weighted by Crippen LogP contribution is -2.13. The van der Waals surface area contributed by atoms with Crippen molar-refractivity contribution in [2.45, 2.75) is 32.2 Å². The van der Waals surface area contributed by atoms with Crippen LogP contribution in [0.25, 0.3) is 0 Å². The van der Waals surface area contributed by atoms with Gasteiger partial charge in [0.05, 0.1) is 12.1 Å². The highest BCUT2D eigenvalue weighted by Crippen LogP contribution is 2.33. The van der Waals surface area contributed by atoms with Gasteiger partial charge in [-0.15, -0.1) is 0 Å². The van der Waals surface area contributed by atoms with Gasteiger partial charge in [-0.1, -0.05) is 24.6 Å². The Balaban J connectivity index is 2.96. The summed E-state index contributed by atoms with van der Waals surface area (Å²) in [5.41, 5.74) is 7.79. The van der Waals surface area contributed by atoms with Gasteiger partial charge in [0.25, 0.3) is 0 Å². The summed E-state index contributed by atoms with van der Waals surface area (Å²) >= 11 is 6.12. The highest BCUT2D eigenvalue weighted by Gasteiger charge is 2.14. The first-order valence-corrected chi connectivity index (χ1v) is 6.21. The maximum absolute atomic E-state index is 10.5. The van der Waals surface area contributed by atoms with Gasteiger partial charge in [0.2, 0.25) is 0 Å². The van der Waals surface area contributed by atoms with E-state index >= 15 is 0 Å². The van der Waals surface area contributed by atoms with Crippen LogP contribution in [0.5, 0.6) is 5.75 Å². The molecule has 1 unspecified atom stereocenters. The lowest BCUT2D eigenvalue weighted by atomic mass is 9.99. The third-order valence-electron chi connectivity index (χ3n) is 2.83. The van der Waals surface area contributed by atoms with Crippen LogP contribution in [0, 0.1) is 0 Å². The summed E-state index contributed by atoms with van der Waals surface area (Å²) in [4.78, 5) is 10.5. The number of hydrogen-bond acceptors (Lipinski definition) is 3. The van der Waals surface area contributed by atoms with Gasteiger partial charge >= 0.3 is 5.97 Å². The van der Waals surface area contributed by atoms with Gasteiger partial charge in [-0.3, -0.25) is 4.79 Å². The van der Waals surface area contributed by atoms with Gasteiger partial charge in [0.1, 0.15) is 5.75 Å². The first-order chi connectivity index (χ1) is 8.49. The summed E-state index contributed by atoms with van der Waals surface area (Å²) in [6.45, 7) is 2.00. The zero-order chi connectivity index (χ0) is 13.7. The number of ether oxygens (including phenoxy) is 1. The molecule has 0 saturated carbocycles. The maximum Gasteiger partial charge on any atom is 0.303 e. The highest BCUT2D eigenvalue weighted by atomic mass is 35.5. The van der Waals surface area contributed by atoms with Crippen LogP contribution in [0.15, 0.2) is 12.1 Å². The van der Waals surface area contributed by atoms with Gasteiger partial charge < -0.3 is 15.6 Å². The highest BCUT2D eigenvalue weighted by molar-refractivity contribution is 6.32. The number of methoxy groups -OCH3 is 1. The molecule has 3 N–H and O–H groups in total. The number of halogens is 1. The van der Waals surface area contributed by atoms with Crippen molar-refractivity contribution < 1.29 is 14.6 Å². The second kappa shape index (κ2) is 6.61. The van der Waals surface area contributed by atoms with E-state index in [0.717, 1.165) is 17.5 Å². The molecular formula is C13H18ClNO3. The molecule has 0 amide bonds. The molecule has 0 heterocycles. The smallest absolute Gasteiger partial charge is 0.303 e. The van der Waals surface area contributed by atoms with Crippen LogP contribution >= 0.6 is 11.6 Å². The van der Waals surface area contributed by atoms with Crippen LogP contribution in [0.2, 0.25) is 5.02 Å². The molecule has 1 aromatic carbocycles. The van der Waals surface area contributed by atoms with Crippen LogP contribution in [0.3, 0.4) is 0 Å². The molecule has 1 rings (SSSR count). The van der Waals surface area contributed by atoms with Crippen LogP contribution in [-0.4, -0.2) is 18.2 Å². The largest absolute Gasteiger partial charge is 0.495 e. The fourth-order valence-electron chi connectivity index (χ4n) is 1.82. The normalized spacial score (nSPS) is 12.2. The van der Waals surface area contributed by atoms with Gasteiger partial charge in [0, 0.05) is 12.5 Å². The van der Waals surface area contributed by atoms with Gasteiger partial charge in [-0.25, -0.2) is 0 Å². The molecule has 1 atom stereocenters. The molecule has 100 valence electrons. The minimum Gasteiger partial charge on any atom is -0.495 e. The van der Waals surface area contributed by atoms with E-state index in [1.54, 1.807) is 13.2 Å². The third-order valence-corrected chi connectivity index (χ3v) is 3.11. The van der Waals surface area contributed by atoms with E-state index in [4.69, 9.17) is 27.2 Å². The Bertz CT molecular complexity index is 434. The predicted octanol–water partition coefficient (Wildman–Crippen LogP) is 2.78. The van der Waals surface area contributed by atoms with Gasteiger partial charge in [-0.2, -0.15) is 0 Å². The Morgan fingerprint density at radius 2 is 2.22 bits per heavy atom. The second-order valence-corrected chi connectivity index (χ2v) is 4.49. The van der Waals surface area contributed by atoms with E-state index in [0.29, 0.717) is 17.2 Å². The molecule has 0 spiro atoms. The molecule has 0 radical (unpaired) electrons. The van der Waals surface area contributed by atoms with Crippen LogP contribution in [-0.2, 0) is 11.2 Å². The number of rotatable bonds is 6. The minimum absolute atomic E-state index is 0.0479. The Labute approximate surface area is 112 Å². The number of carbonyl (C=O) groups is 1. The number of hydrogen-bond donors (Lipinski definition) is 2. The SMILES string of the molecule is CCc1cc(C(N)CCC(=O)O)cc(Cl)c1OC. The standard InChI is InChI=1S/C13H18ClNO3/c1-3-8-6-9(7-10(14)13(8)18-2)11(15)4-5-12(16)17/h6-7,11H,3-5,15H2,1-2H3,(H,16,17). The van der Waals surface area contributed by atoms with E-state index in [1.807, 2.05) is 13.0 Å². The molecule has 0 aliphatic carbocycles. The Hall–Kier alpha value is -1.26. The van der Waals surface area contributed by atoms with Gasteiger partial charge in [-0.05, 0) is 30.0 Å². The summed E-state index contributed by atoms with van der Waals surface area (Å²) in [7, 11) is 1.57. The number of aryl methyl sites for hydroxylation is 1. The van der Waals surface area contributed by atoms with Crippen molar-refractivity contribution in [2.75, 3.05) is 7.11 Å². The Morgan fingerprint density at radius 1 is 1.56 bits per heavy atom. The van der Waals surface area contributed by atoms with E-state index < -0.39 is 5.97 Å². The topological polar surface area (TPSA) is 72.6 Å². The summed E-state index contributed by atoms with van der Waals surface area (Å²) in [5.74, 6) is -0.186. The number of nitrogens with two attached hydrogens (primary N) is 1. The molecular weight excluding hydrogens is 254 g/mol. The molecule has 0 aliphatic rings. The van der Waals surface area contributed by atoms with Crippen LogP contribution < -0.4 is 10.5 Å². The molecule has 0 bridgehead atoms. The summed E-state index contributed by atoms with van der Waals surface area (Å²) < 4.78 is 5.23. The molecule has 1 aromatic rings. The van der Waals surface area contributed by atoms with Crippen molar-refractivity contribution in [1.82, 2.24) is 0 Å². The zero-order valence-electron chi connectivity index (χ0n) is 10.6. The first kappa shape index (κ1) is 14.8. The number of aliphatic carboxylic acids is 1. The summed E-state index contributed by atoms with van der Waals surface area (Å²) in [6.07, 6.45) is 1.22. The summed E-state index contributed by atoms with van der Waals surface area (Å²) in [5, 5.41) is 9.16. The molecule has 4 nitrogen and oxygen atoms in total. The van der Waals surface area contributed by atoms with Crippen molar-refractivity contribution in [3.63, 3.8) is 0 Å². The number of benzene rings is 1. The molecule has 0 aliphatic heterocycles. The minimum atomic E-state index is -0.847. The lowest BCUT2D eigenvalue weighted by molar-refractivity contribution is -0.137. The zero-order valence-corrected chi connectivity index (χ0v) is 11.3. The number of carboxylic acid groups (broad SMARTS) is 1. The van der Waals surface area contributed by atoms with Crippen molar-refractivity contribution >= 4 is 17.6 Å². The molecule has 0 fully saturated rings. The van der Waals surface area contributed by atoms with Crippen molar-refractivity contribution in [1.29, 1.82) is 0 Å². The van der Waals surface area contributed by atoms with Gasteiger partial charge in [0.15, 0.2) is 0 Å². The molecule has 18 heavy (non-hydrogen) atoms. The van der Waals surface area contributed by atoms with E-state index in [1.165, 1.54) is 0 Å². The Morgan fingerprint density at radius 3 is 2.72 bits per heavy atom. The first-order valence-electron chi connectivity index (χ1n) is 5.83. The van der Waals surface area contributed by atoms with Crippen molar-refractivity contribution in [3.05, 3.63) is 28.3 Å². The monoisotopic (exact) mass is 271 g/mol. The van der Waals surface area contributed by atoms with Crippen LogP contribution in [0.1, 0.15) is 36.9 Å². The summed E-state index contributed by atoms with van der Waals surface area (Å²) in [6, 6.07) is 3.35. The molecule has 0 saturated heterocycles. The van der Waals surface area contributed by atoms with E-state index in [-0.39, 0.29) is 12.5 Å².